The standard InChI is InChI=1S/C14H23N7/c1-4-6-7-11(3)17-13-18-12(16-5-2)19-14(20-13)21-9-8-15-10-21/h8-11H,4-7H2,1-3H3,(H2,16,17,18,19,20). The van der Waals surface area contributed by atoms with Crippen molar-refractivity contribution in [2.24, 2.45) is 0 Å². The van der Waals surface area contributed by atoms with Crippen LogP contribution in [0.25, 0.3) is 5.95 Å². The van der Waals surface area contributed by atoms with Gasteiger partial charge in [0.15, 0.2) is 0 Å². The first-order valence-electron chi connectivity index (χ1n) is 7.47. The average molecular weight is 289 g/mol. The molecule has 0 fully saturated rings. The minimum absolute atomic E-state index is 0.331. The van der Waals surface area contributed by atoms with Crippen LogP contribution in [0.3, 0.4) is 0 Å². The molecular weight excluding hydrogens is 266 g/mol. The van der Waals surface area contributed by atoms with E-state index in [1.165, 1.54) is 12.8 Å². The van der Waals surface area contributed by atoms with Gasteiger partial charge in [-0.05, 0) is 20.3 Å². The van der Waals surface area contributed by atoms with Gasteiger partial charge in [0, 0.05) is 25.0 Å². The zero-order valence-corrected chi connectivity index (χ0v) is 12.9. The molecule has 2 heterocycles. The number of hydrogen-bond acceptors (Lipinski definition) is 6. The van der Waals surface area contributed by atoms with Crippen LogP contribution in [-0.4, -0.2) is 37.1 Å². The van der Waals surface area contributed by atoms with Gasteiger partial charge >= 0.3 is 0 Å². The molecule has 2 aromatic heterocycles. The van der Waals surface area contributed by atoms with Crippen LogP contribution in [0.5, 0.6) is 0 Å². The second kappa shape index (κ2) is 7.56. The first-order chi connectivity index (χ1) is 10.2. The highest BCUT2D eigenvalue weighted by Crippen LogP contribution is 2.12. The lowest BCUT2D eigenvalue weighted by Gasteiger charge is -2.14. The summed E-state index contributed by atoms with van der Waals surface area (Å²) in [7, 11) is 0. The Morgan fingerprint density at radius 1 is 1.19 bits per heavy atom. The molecule has 7 nitrogen and oxygen atoms in total. The summed E-state index contributed by atoms with van der Waals surface area (Å²) < 4.78 is 1.77. The molecule has 0 spiro atoms. The average Bonchev–Trinajstić information content (AvgIpc) is 2.99. The van der Waals surface area contributed by atoms with E-state index in [4.69, 9.17) is 0 Å². The fraction of sp³-hybridized carbons (Fsp3) is 0.571. The summed E-state index contributed by atoms with van der Waals surface area (Å²) in [4.78, 5) is 17.3. The summed E-state index contributed by atoms with van der Waals surface area (Å²) in [6, 6.07) is 0.331. The lowest BCUT2D eigenvalue weighted by atomic mass is 10.1. The van der Waals surface area contributed by atoms with Crippen LogP contribution in [0, 0.1) is 0 Å². The van der Waals surface area contributed by atoms with Crippen LogP contribution in [0.1, 0.15) is 40.0 Å². The fourth-order valence-corrected chi connectivity index (χ4v) is 1.96. The molecule has 0 aliphatic carbocycles. The number of hydrogen-bond donors (Lipinski definition) is 2. The molecule has 114 valence electrons. The van der Waals surface area contributed by atoms with Crippen molar-refractivity contribution in [3.05, 3.63) is 18.7 Å². The number of aromatic nitrogens is 5. The van der Waals surface area contributed by atoms with Crippen LogP contribution in [-0.2, 0) is 0 Å². The van der Waals surface area contributed by atoms with Gasteiger partial charge in [-0.3, -0.25) is 4.57 Å². The van der Waals surface area contributed by atoms with E-state index in [0.717, 1.165) is 13.0 Å². The van der Waals surface area contributed by atoms with E-state index in [1.54, 1.807) is 17.1 Å². The summed E-state index contributed by atoms with van der Waals surface area (Å²) in [5.41, 5.74) is 0. The fourth-order valence-electron chi connectivity index (χ4n) is 1.96. The van der Waals surface area contributed by atoms with Gasteiger partial charge in [-0.25, -0.2) is 4.98 Å². The summed E-state index contributed by atoms with van der Waals surface area (Å²) in [6.07, 6.45) is 8.66. The topological polar surface area (TPSA) is 80.5 Å². The molecule has 0 amide bonds. The Kier molecular flexibility index (Phi) is 5.48. The van der Waals surface area contributed by atoms with E-state index in [2.05, 4.69) is 44.4 Å². The number of anilines is 2. The molecule has 21 heavy (non-hydrogen) atoms. The molecule has 0 aliphatic rings. The lowest BCUT2D eigenvalue weighted by Crippen LogP contribution is -2.19. The molecule has 0 radical (unpaired) electrons. The van der Waals surface area contributed by atoms with Crippen molar-refractivity contribution in [3.63, 3.8) is 0 Å². The van der Waals surface area contributed by atoms with Crippen molar-refractivity contribution in [3.8, 4) is 5.95 Å². The molecule has 0 bridgehead atoms. The maximum Gasteiger partial charge on any atom is 0.241 e. The number of unbranched alkanes of at least 4 members (excludes halogenated alkanes) is 1. The third-order valence-electron chi connectivity index (χ3n) is 3.06. The van der Waals surface area contributed by atoms with Crippen LogP contribution in [0.15, 0.2) is 18.7 Å². The molecule has 1 unspecified atom stereocenters. The van der Waals surface area contributed by atoms with E-state index < -0.39 is 0 Å². The Bertz CT molecular complexity index is 538. The molecule has 0 aromatic carbocycles. The smallest absolute Gasteiger partial charge is 0.241 e. The van der Waals surface area contributed by atoms with Gasteiger partial charge in [0.05, 0.1) is 0 Å². The molecule has 0 saturated carbocycles. The van der Waals surface area contributed by atoms with Crippen LogP contribution >= 0.6 is 0 Å². The SMILES string of the molecule is CCCCC(C)Nc1nc(NCC)nc(-n2ccnc2)n1. The van der Waals surface area contributed by atoms with E-state index >= 15 is 0 Å². The normalized spacial score (nSPS) is 12.1. The number of imidazole rings is 1. The first-order valence-corrected chi connectivity index (χ1v) is 7.47. The maximum absolute atomic E-state index is 4.46. The van der Waals surface area contributed by atoms with E-state index in [9.17, 15) is 0 Å². The summed E-state index contributed by atoms with van der Waals surface area (Å²) in [6.45, 7) is 7.11. The Balaban J connectivity index is 2.19. The highest BCUT2D eigenvalue weighted by molar-refractivity contribution is 5.38. The minimum Gasteiger partial charge on any atom is -0.354 e. The van der Waals surface area contributed by atoms with Gasteiger partial charge in [0.25, 0.3) is 0 Å². The third-order valence-corrected chi connectivity index (χ3v) is 3.06. The van der Waals surface area contributed by atoms with Crippen molar-refractivity contribution in [2.75, 3.05) is 17.2 Å². The van der Waals surface area contributed by atoms with E-state index in [-0.39, 0.29) is 0 Å². The van der Waals surface area contributed by atoms with Crippen molar-refractivity contribution >= 4 is 11.9 Å². The molecule has 0 aliphatic heterocycles. The van der Waals surface area contributed by atoms with Gasteiger partial charge in [0.2, 0.25) is 17.8 Å². The highest BCUT2D eigenvalue weighted by atomic mass is 15.3. The Hall–Kier alpha value is -2.18. The zero-order valence-electron chi connectivity index (χ0n) is 12.9. The monoisotopic (exact) mass is 289 g/mol. The predicted octanol–water partition coefficient (Wildman–Crippen LogP) is 2.48. The number of nitrogens with zero attached hydrogens (tertiary/aromatic N) is 5. The van der Waals surface area contributed by atoms with Crippen LogP contribution in [0.2, 0.25) is 0 Å². The molecule has 0 saturated heterocycles. The molecule has 7 heteroatoms. The van der Waals surface area contributed by atoms with E-state index in [1.807, 2.05) is 13.1 Å². The number of nitrogens with one attached hydrogen (secondary N) is 2. The highest BCUT2D eigenvalue weighted by Gasteiger charge is 2.10. The largest absolute Gasteiger partial charge is 0.354 e. The van der Waals surface area contributed by atoms with Crippen molar-refractivity contribution in [1.29, 1.82) is 0 Å². The maximum atomic E-state index is 4.46. The van der Waals surface area contributed by atoms with Gasteiger partial charge < -0.3 is 10.6 Å². The second-order valence-corrected chi connectivity index (χ2v) is 4.97. The van der Waals surface area contributed by atoms with E-state index in [0.29, 0.717) is 23.9 Å². The first kappa shape index (κ1) is 15.2. The van der Waals surface area contributed by atoms with Crippen LogP contribution in [0.4, 0.5) is 11.9 Å². The van der Waals surface area contributed by atoms with Gasteiger partial charge in [-0.2, -0.15) is 15.0 Å². The Morgan fingerprint density at radius 2 is 2.00 bits per heavy atom. The summed E-state index contributed by atoms with van der Waals surface area (Å²) in [5, 5.41) is 6.47. The van der Waals surface area contributed by atoms with Crippen molar-refractivity contribution in [2.45, 2.75) is 46.1 Å². The van der Waals surface area contributed by atoms with Gasteiger partial charge in [0.1, 0.15) is 6.33 Å². The second-order valence-electron chi connectivity index (χ2n) is 4.97. The summed E-state index contributed by atoms with van der Waals surface area (Å²) in [5.74, 6) is 1.72. The van der Waals surface area contributed by atoms with Crippen LogP contribution < -0.4 is 10.6 Å². The van der Waals surface area contributed by atoms with Gasteiger partial charge in [-0.15, -0.1) is 0 Å². The molecular formula is C14H23N7. The molecule has 1 atom stereocenters. The number of rotatable bonds is 8. The summed E-state index contributed by atoms with van der Waals surface area (Å²) >= 11 is 0. The van der Waals surface area contributed by atoms with Crippen molar-refractivity contribution in [1.82, 2.24) is 24.5 Å². The Morgan fingerprint density at radius 3 is 2.67 bits per heavy atom. The minimum atomic E-state index is 0.331. The lowest BCUT2D eigenvalue weighted by molar-refractivity contribution is 0.640. The predicted molar refractivity (Wildman–Crippen MR) is 83.7 cm³/mol. The van der Waals surface area contributed by atoms with Gasteiger partial charge in [-0.1, -0.05) is 19.8 Å². The Labute approximate surface area is 125 Å². The third kappa shape index (κ3) is 4.40. The quantitative estimate of drug-likeness (QED) is 0.777. The molecule has 2 aromatic rings. The molecule has 2 N–H and O–H groups in total. The zero-order chi connectivity index (χ0) is 15.1. The molecule has 2 rings (SSSR count). The van der Waals surface area contributed by atoms with Crippen molar-refractivity contribution < 1.29 is 0 Å².